The molecule has 0 aromatic heterocycles. The third-order valence-corrected chi connectivity index (χ3v) is 2.99. The van der Waals surface area contributed by atoms with Gasteiger partial charge in [-0.25, -0.2) is 0 Å². The maximum absolute atomic E-state index is 5.94. The van der Waals surface area contributed by atoms with E-state index < -0.39 is 0 Å². The summed E-state index contributed by atoms with van der Waals surface area (Å²) in [5, 5.41) is 0.729. The van der Waals surface area contributed by atoms with Crippen LogP contribution in [0.1, 0.15) is 18.1 Å². The number of halogens is 1. The van der Waals surface area contributed by atoms with Gasteiger partial charge in [0.25, 0.3) is 0 Å². The first-order valence-electron chi connectivity index (χ1n) is 6.35. The van der Waals surface area contributed by atoms with Gasteiger partial charge < -0.3 is 10.5 Å². The molecular weight excluding hydrogens is 258 g/mol. The van der Waals surface area contributed by atoms with E-state index in [0.29, 0.717) is 6.61 Å². The van der Waals surface area contributed by atoms with Gasteiger partial charge in [0.05, 0.1) is 0 Å². The second kappa shape index (κ2) is 6.60. The van der Waals surface area contributed by atoms with Crippen molar-refractivity contribution < 1.29 is 4.74 Å². The monoisotopic (exact) mass is 275 g/mol. The number of hydrogen-bond donors (Lipinski definition) is 1. The van der Waals surface area contributed by atoms with Crippen molar-refractivity contribution in [2.75, 3.05) is 0 Å². The van der Waals surface area contributed by atoms with Crippen LogP contribution in [-0.2, 0) is 13.0 Å². The molecule has 0 bridgehead atoms. The van der Waals surface area contributed by atoms with E-state index in [-0.39, 0.29) is 6.04 Å². The standard InChI is InChI=1S/C16H18ClNO/c1-12(18)8-13-4-3-7-16(10-13)19-11-14-5-2-6-15(17)9-14/h2-7,9-10,12H,8,11,18H2,1H3. The van der Waals surface area contributed by atoms with Crippen LogP contribution in [0.15, 0.2) is 48.5 Å². The lowest BCUT2D eigenvalue weighted by Gasteiger charge is -2.09. The molecule has 2 nitrogen and oxygen atoms in total. The van der Waals surface area contributed by atoms with E-state index in [1.807, 2.05) is 49.4 Å². The van der Waals surface area contributed by atoms with E-state index in [4.69, 9.17) is 22.1 Å². The molecule has 19 heavy (non-hydrogen) atoms. The van der Waals surface area contributed by atoms with Crippen LogP contribution in [0.25, 0.3) is 0 Å². The minimum absolute atomic E-state index is 0.156. The van der Waals surface area contributed by atoms with E-state index in [0.717, 1.165) is 22.8 Å². The molecule has 1 atom stereocenters. The fourth-order valence-electron chi connectivity index (χ4n) is 1.93. The quantitative estimate of drug-likeness (QED) is 0.901. The molecule has 1 unspecified atom stereocenters. The summed E-state index contributed by atoms with van der Waals surface area (Å²) in [4.78, 5) is 0. The van der Waals surface area contributed by atoms with Crippen molar-refractivity contribution >= 4 is 11.6 Å². The normalized spacial score (nSPS) is 12.2. The molecule has 2 rings (SSSR count). The summed E-state index contributed by atoms with van der Waals surface area (Å²) in [7, 11) is 0. The van der Waals surface area contributed by atoms with Gasteiger partial charge in [-0.15, -0.1) is 0 Å². The lowest BCUT2D eigenvalue weighted by molar-refractivity contribution is 0.306. The molecule has 2 aromatic carbocycles. The average molecular weight is 276 g/mol. The van der Waals surface area contributed by atoms with E-state index >= 15 is 0 Å². The highest BCUT2D eigenvalue weighted by Crippen LogP contribution is 2.17. The Kier molecular flexibility index (Phi) is 4.83. The zero-order chi connectivity index (χ0) is 13.7. The third-order valence-electron chi connectivity index (χ3n) is 2.75. The van der Waals surface area contributed by atoms with Gasteiger partial charge in [0.2, 0.25) is 0 Å². The Morgan fingerprint density at radius 1 is 1.11 bits per heavy atom. The Labute approximate surface area is 119 Å². The second-order valence-corrected chi connectivity index (χ2v) is 5.18. The minimum atomic E-state index is 0.156. The van der Waals surface area contributed by atoms with Crippen molar-refractivity contribution in [3.05, 3.63) is 64.7 Å². The smallest absolute Gasteiger partial charge is 0.120 e. The molecular formula is C16H18ClNO. The SMILES string of the molecule is CC(N)Cc1cccc(OCc2cccc(Cl)c2)c1. The summed E-state index contributed by atoms with van der Waals surface area (Å²) in [6.07, 6.45) is 0.856. The number of hydrogen-bond acceptors (Lipinski definition) is 2. The van der Waals surface area contributed by atoms with Crippen LogP contribution in [0.4, 0.5) is 0 Å². The van der Waals surface area contributed by atoms with Gasteiger partial charge in [0.15, 0.2) is 0 Å². The minimum Gasteiger partial charge on any atom is -0.489 e. The zero-order valence-corrected chi connectivity index (χ0v) is 11.7. The summed E-state index contributed by atoms with van der Waals surface area (Å²) in [6, 6.07) is 15.9. The third kappa shape index (κ3) is 4.58. The van der Waals surface area contributed by atoms with Crippen LogP contribution in [0.5, 0.6) is 5.75 Å². The van der Waals surface area contributed by atoms with Gasteiger partial charge in [0.1, 0.15) is 12.4 Å². The summed E-state index contributed by atoms with van der Waals surface area (Å²) in [6.45, 7) is 2.52. The largest absolute Gasteiger partial charge is 0.489 e. The molecule has 0 aliphatic heterocycles. The van der Waals surface area contributed by atoms with Crippen molar-refractivity contribution in [1.29, 1.82) is 0 Å². The van der Waals surface area contributed by atoms with Crippen LogP contribution in [0.3, 0.4) is 0 Å². The average Bonchev–Trinajstić information content (AvgIpc) is 2.36. The lowest BCUT2D eigenvalue weighted by atomic mass is 10.1. The van der Waals surface area contributed by atoms with Gasteiger partial charge in [-0.1, -0.05) is 35.9 Å². The fourth-order valence-corrected chi connectivity index (χ4v) is 2.14. The summed E-state index contributed by atoms with van der Waals surface area (Å²) < 4.78 is 5.77. The van der Waals surface area contributed by atoms with Crippen LogP contribution in [0.2, 0.25) is 5.02 Å². The molecule has 0 heterocycles. The molecule has 0 saturated carbocycles. The van der Waals surface area contributed by atoms with Crippen molar-refractivity contribution in [2.24, 2.45) is 5.73 Å². The van der Waals surface area contributed by atoms with Gasteiger partial charge in [-0.05, 0) is 48.7 Å². The van der Waals surface area contributed by atoms with E-state index in [2.05, 4.69) is 6.07 Å². The lowest BCUT2D eigenvalue weighted by Crippen LogP contribution is -2.17. The molecule has 2 aromatic rings. The van der Waals surface area contributed by atoms with Crippen molar-refractivity contribution in [2.45, 2.75) is 26.0 Å². The Morgan fingerprint density at radius 3 is 2.58 bits per heavy atom. The second-order valence-electron chi connectivity index (χ2n) is 4.75. The Bertz CT molecular complexity index is 540. The maximum Gasteiger partial charge on any atom is 0.120 e. The number of ether oxygens (including phenoxy) is 1. The first kappa shape index (κ1) is 13.9. The Hall–Kier alpha value is -1.51. The molecule has 0 aliphatic carbocycles. The van der Waals surface area contributed by atoms with Crippen LogP contribution in [-0.4, -0.2) is 6.04 Å². The number of nitrogens with two attached hydrogens (primary N) is 1. The summed E-state index contributed by atoms with van der Waals surface area (Å²) in [5.41, 5.74) is 8.05. The van der Waals surface area contributed by atoms with Gasteiger partial charge in [-0.3, -0.25) is 0 Å². The van der Waals surface area contributed by atoms with Crippen LogP contribution >= 0.6 is 11.6 Å². The molecule has 3 heteroatoms. The highest BCUT2D eigenvalue weighted by atomic mass is 35.5. The van der Waals surface area contributed by atoms with E-state index in [9.17, 15) is 0 Å². The molecule has 0 saturated heterocycles. The van der Waals surface area contributed by atoms with Crippen molar-refractivity contribution in [1.82, 2.24) is 0 Å². The molecule has 100 valence electrons. The van der Waals surface area contributed by atoms with Crippen molar-refractivity contribution in [3.8, 4) is 5.75 Å². The summed E-state index contributed by atoms with van der Waals surface area (Å²) >= 11 is 5.94. The zero-order valence-electron chi connectivity index (χ0n) is 11.0. The van der Waals surface area contributed by atoms with Gasteiger partial charge in [0, 0.05) is 11.1 Å². The molecule has 2 N–H and O–H groups in total. The van der Waals surface area contributed by atoms with Gasteiger partial charge >= 0.3 is 0 Å². The molecule has 0 aliphatic rings. The molecule has 0 fully saturated rings. The highest BCUT2D eigenvalue weighted by molar-refractivity contribution is 6.30. The molecule has 0 radical (unpaired) electrons. The first-order valence-corrected chi connectivity index (χ1v) is 6.73. The predicted octanol–water partition coefficient (Wildman–Crippen LogP) is 3.81. The van der Waals surface area contributed by atoms with E-state index in [1.54, 1.807) is 0 Å². The van der Waals surface area contributed by atoms with Crippen LogP contribution < -0.4 is 10.5 Å². The maximum atomic E-state index is 5.94. The van der Waals surface area contributed by atoms with Gasteiger partial charge in [-0.2, -0.15) is 0 Å². The van der Waals surface area contributed by atoms with E-state index in [1.165, 1.54) is 5.56 Å². The molecule has 0 amide bonds. The fraction of sp³-hybridized carbons (Fsp3) is 0.250. The predicted molar refractivity (Wildman–Crippen MR) is 79.6 cm³/mol. The number of rotatable bonds is 5. The summed E-state index contributed by atoms with van der Waals surface area (Å²) in [5.74, 6) is 0.859. The topological polar surface area (TPSA) is 35.2 Å². The highest BCUT2D eigenvalue weighted by Gasteiger charge is 2.01. The first-order chi connectivity index (χ1) is 9.13. The van der Waals surface area contributed by atoms with Crippen LogP contribution in [0, 0.1) is 0 Å². The molecule has 0 spiro atoms. The Morgan fingerprint density at radius 2 is 1.84 bits per heavy atom. The number of benzene rings is 2. The Balaban J connectivity index is 1.99. The van der Waals surface area contributed by atoms with Crippen molar-refractivity contribution in [3.63, 3.8) is 0 Å².